The maximum absolute atomic E-state index is 11.6. The number of benzene rings is 1. The highest BCUT2D eigenvalue weighted by atomic mass is 35.5. The van der Waals surface area contributed by atoms with Crippen molar-refractivity contribution in [2.24, 2.45) is 0 Å². The number of methoxy groups -OCH3 is 1. The third-order valence-corrected chi connectivity index (χ3v) is 3.43. The van der Waals surface area contributed by atoms with E-state index in [0.717, 1.165) is 5.56 Å². The van der Waals surface area contributed by atoms with E-state index >= 15 is 0 Å². The molecule has 6 nitrogen and oxygen atoms in total. The predicted molar refractivity (Wildman–Crippen MR) is 86.9 cm³/mol. The van der Waals surface area contributed by atoms with Crippen molar-refractivity contribution in [2.75, 3.05) is 7.11 Å². The predicted octanol–water partition coefficient (Wildman–Crippen LogP) is 3.76. The van der Waals surface area contributed by atoms with E-state index in [1.165, 1.54) is 13.3 Å². The number of halogens is 1. The third-order valence-electron chi connectivity index (χ3n) is 3.18. The molecule has 2 aromatic heterocycles. The molecule has 3 aromatic rings. The van der Waals surface area contributed by atoms with Gasteiger partial charge in [-0.1, -0.05) is 11.6 Å². The van der Waals surface area contributed by atoms with Gasteiger partial charge in [-0.3, -0.25) is 0 Å². The molecule has 0 aliphatic carbocycles. The Hall–Kier alpha value is -2.86. The van der Waals surface area contributed by atoms with Gasteiger partial charge in [0, 0.05) is 16.8 Å². The lowest BCUT2D eigenvalue weighted by atomic mass is 10.2. The fraction of sp³-hybridized carbons (Fsp3) is 0.118. The van der Waals surface area contributed by atoms with E-state index in [0.29, 0.717) is 22.4 Å². The smallest absolute Gasteiger partial charge is 0.360 e. The Morgan fingerprint density at radius 2 is 2.00 bits per heavy atom. The van der Waals surface area contributed by atoms with Crippen molar-refractivity contribution in [1.29, 1.82) is 0 Å². The van der Waals surface area contributed by atoms with Crippen molar-refractivity contribution in [1.82, 2.24) is 9.97 Å². The summed E-state index contributed by atoms with van der Waals surface area (Å²) in [5.41, 5.74) is 0.958. The largest absolute Gasteiger partial charge is 0.481 e. The van der Waals surface area contributed by atoms with E-state index < -0.39 is 5.97 Å². The van der Waals surface area contributed by atoms with Crippen LogP contribution in [-0.2, 0) is 11.3 Å². The molecule has 24 heavy (non-hydrogen) atoms. The molecule has 0 fully saturated rings. The minimum Gasteiger partial charge on any atom is -0.481 e. The molecule has 0 spiro atoms. The van der Waals surface area contributed by atoms with Crippen LogP contribution < -0.4 is 4.74 Å². The highest BCUT2D eigenvalue weighted by molar-refractivity contribution is 6.30. The first-order valence-electron chi connectivity index (χ1n) is 7.04. The van der Waals surface area contributed by atoms with Crippen LogP contribution in [0.1, 0.15) is 16.4 Å². The number of aromatic nitrogens is 2. The van der Waals surface area contributed by atoms with Crippen LogP contribution in [0, 0.1) is 0 Å². The number of hydrogen-bond acceptors (Lipinski definition) is 6. The Morgan fingerprint density at radius 1 is 1.21 bits per heavy atom. The van der Waals surface area contributed by atoms with Gasteiger partial charge in [-0.05, 0) is 36.4 Å². The molecule has 0 saturated carbocycles. The molecule has 0 unspecified atom stereocenters. The molecular formula is C17H13ClN2O4. The number of rotatable bonds is 5. The van der Waals surface area contributed by atoms with Crippen LogP contribution in [0.15, 0.2) is 53.2 Å². The van der Waals surface area contributed by atoms with Crippen molar-refractivity contribution in [2.45, 2.75) is 6.61 Å². The molecule has 2 heterocycles. The second-order valence-corrected chi connectivity index (χ2v) is 5.19. The summed E-state index contributed by atoms with van der Waals surface area (Å²) in [6.45, 7) is 0.0588. The van der Waals surface area contributed by atoms with E-state index in [-0.39, 0.29) is 12.3 Å². The average Bonchev–Trinajstić information content (AvgIpc) is 3.09. The molecule has 0 radical (unpaired) electrons. The Kier molecular flexibility index (Phi) is 4.77. The van der Waals surface area contributed by atoms with Crippen LogP contribution in [0.5, 0.6) is 5.75 Å². The van der Waals surface area contributed by atoms with Gasteiger partial charge < -0.3 is 13.9 Å². The Bertz CT molecular complexity index is 846. The summed E-state index contributed by atoms with van der Waals surface area (Å²) in [5.74, 6) is 0.708. The van der Waals surface area contributed by atoms with Gasteiger partial charge in [0.15, 0.2) is 23.8 Å². The summed E-state index contributed by atoms with van der Waals surface area (Å²) >= 11 is 5.86. The Labute approximate surface area is 143 Å². The Morgan fingerprint density at radius 3 is 2.75 bits per heavy atom. The van der Waals surface area contributed by atoms with E-state index in [4.69, 9.17) is 20.8 Å². The van der Waals surface area contributed by atoms with Crippen LogP contribution in [0.4, 0.5) is 0 Å². The standard InChI is InChI=1S/C17H13ClN2O4/c1-22-17(21)16-13(3-2-8-19-16)23-10-15-20-9-14(24-15)11-4-6-12(18)7-5-11/h2-9H,10H2,1H3. The van der Waals surface area contributed by atoms with Crippen molar-refractivity contribution < 1.29 is 18.7 Å². The summed E-state index contributed by atoms with van der Waals surface area (Å²) in [6.07, 6.45) is 3.09. The minimum absolute atomic E-state index is 0.0588. The Balaban J connectivity index is 1.72. The third kappa shape index (κ3) is 3.55. The SMILES string of the molecule is COC(=O)c1ncccc1OCc1ncc(-c2ccc(Cl)cc2)o1. The molecular weight excluding hydrogens is 332 g/mol. The monoisotopic (exact) mass is 344 g/mol. The molecule has 0 saturated heterocycles. The fourth-order valence-electron chi connectivity index (χ4n) is 2.02. The quantitative estimate of drug-likeness (QED) is 0.656. The van der Waals surface area contributed by atoms with Gasteiger partial charge in [0.2, 0.25) is 5.89 Å². The van der Waals surface area contributed by atoms with Crippen LogP contribution in [-0.4, -0.2) is 23.0 Å². The summed E-state index contributed by atoms with van der Waals surface area (Å²) in [4.78, 5) is 19.8. The maximum atomic E-state index is 11.6. The number of esters is 1. The zero-order valence-electron chi connectivity index (χ0n) is 12.7. The molecule has 1 aromatic carbocycles. The molecule has 0 aliphatic rings. The first-order valence-corrected chi connectivity index (χ1v) is 7.42. The summed E-state index contributed by atoms with van der Waals surface area (Å²) in [6, 6.07) is 10.5. The van der Waals surface area contributed by atoms with Crippen molar-refractivity contribution >= 4 is 17.6 Å². The lowest BCUT2D eigenvalue weighted by molar-refractivity contribution is 0.0587. The average molecular weight is 345 g/mol. The molecule has 3 rings (SSSR count). The maximum Gasteiger partial charge on any atom is 0.360 e. The fourth-order valence-corrected chi connectivity index (χ4v) is 2.15. The van der Waals surface area contributed by atoms with Crippen molar-refractivity contribution in [3.05, 3.63) is 65.4 Å². The molecule has 0 bridgehead atoms. The van der Waals surface area contributed by atoms with Crippen LogP contribution in [0.25, 0.3) is 11.3 Å². The van der Waals surface area contributed by atoms with Crippen molar-refractivity contribution in [3.8, 4) is 17.1 Å². The van der Waals surface area contributed by atoms with Crippen LogP contribution in [0.2, 0.25) is 5.02 Å². The van der Waals surface area contributed by atoms with Gasteiger partial charge in [-0.2, -0.15) is 0 Å². The second-order valence-electron chi connectivity index (χ2n) is 4.76. The normalized spacial score (nSPS) is 10.4. The van der Waals surface area contributed by atoms with Gasteiger partial charge in [0.05, 0.1) is 13.3 Å². The van der Waals surface area contributed by atoms with Gasteiger partial charge in [0.25, 0.3) is 0 Å². The number of carbonyl (C=O) groups is 1. The van der Waals surface area contributed by atoms with E-state index in [2.05, 4.69) is 14.7 Å². The first-order chi connectivity index (χ1) is 11.7. The van der Waals surface area contributed by atoms with E-state index in [1.54, 1.807) is 30.5 Å². The number of oxazole rings is 1. The van der Waals surface area contributed by atoms with E-state index in [9.17, 15) is 4.79 Å². The number of pyridine rings is 1. The second kappa shape index (κ2) is 7.14. The zero-order valence-corrected chi connectivity index (χ0v) is 13.5. The van der Waals surface area contributed by atoms with Gasteiger partial charge in [-0.15, -0.1) is 0 Å². The summed E-state index contributed by atoms with van der Waals surface area (Å²) < 4.78 is 15.9. The molecule has 0 N–H and O–H groups in total. The van der Waals surface area contributed by atoms with Crippen molar-refractivity contribution in [3.63, 3.8) is 0 Å². The van der Waals surface area contributed by atoms with Crippen LogP contribution in [0.3, 0.4) is 0 Å². The molecule has 0 atom stereocenters. The molecule has 0 amide bonds. The zero-order chi connectivity index (χ0) is 16.9. The number of ether oxygens (including phenoxy) is 2. The summed E-state index contributed by atoms with van der Waals surface area (Å²) in [5, 5.41) is 0.647. The number of hydrogen-bond donors (Lipinski definition) is 0. The highest BCUT2D eigenvalue weighted by Gasteiger charge is 2.15. The number of carbonyl (C=O) groups excluding carboxylic acids is 1. The minimum atomic E-state index is -0.570. The van der Waals surface area contributed by atoms with Gasteiger partial charge in [-0.25, -0.2) is 14.8 Å². The van der Waals surface area contributed by atoms with Gasteiger partial charge >= 0.3 is 5.97 Å². The lowest BCUT2D eigenvalue weighted by Crippen LogP contribution is -2.08. The lowest BCUT2D eigenvalue weighted by Gasteiger charge is -2.07. The van der Waals surface area contributed by atoms with Gasteiger partial charge in [0.1, 0.15) is 0 Å². The topological polar surface area (TPSA) is 74.5 Å². The molecule has 0 aliphatic heterocycles. The summed E-state index contributed by atoms with van der Waals surface area (Å²) in [7, 11) is 1.28. The number of nitrogens with zero attached hydrogens (tertiary/aromatic N) is 2. The van der Waals surface area contributed by atoms with E-state index in [1.807, 2.05) is 12.1 Å². The molecule has 122 valence electrons. The first kappa shape index (κ1) is 16.0. The van der Waals surface area contributed by atoms with Crippen LogP contribution >= 0.6 is 11.6 Å². The molecule has 7 heteroatoms. The highest BCUT2D eigenvalue weighted by Crippen LogP contribution is 2.23.